The predicted octanol–water partition coefficient (Wildman–Crippen LogP) is 5.19. The lowest BCUT2D eigenvalue weighted by Gasteiger charge is -2.51. The maximum atomic E-state index is 14.0. The van der Waals surface area contributed by atoms with Gasteiger partial charge in [0.25, 0.3) is 5.69 Å². The van der Waals surface area contributed by atoms with E-state index in [0.29, 0.717) is 0 Å². The van der Waals surface area contributed by atoms with E-state index in [1.165, 1.54) is 6.07 Å². The number of rotatable bonds is 4. The molecule has 3 atom stereocenters. The highest BCUT2D eigenvalue weighted by atomic mass is 79.9. The van der Waals surface area contributed by atoms with Gasteiger partial charge in [-0.25, -0.2) is 9.37 Å². The summed E-state index contributed by atoms with van der Waals surface area (Å²) in [7, 11) is 0. The SMILES string of the molecule is CC1C(c2ccccc2)CC1(C(=O)O)c1c([N+](=O)[O-])cnc2cc(F)c(Br)cc12. The molecule has 6 nitrogen and oxygen atoms in total. The van der Waals surface area contributed by atoms with Gasteiger partial charge < -0.3 is 5.11 Å². The lowest BCUT2D eigenvalue weighted by Crippen LogP contribution is -2.54. The van der Waals surface area contributed by atoms with Gasteiger partial charge in [-0.15, -0.1) is 0 Å². The highest BCUT2D eigenvalue weighted by molar-refractivity contribution is 9.10. The molecular formula is C21H16BrFN2O4. The second kappa shape index (κ2) is 6.88. The van der Waals surface area contributed by atoms with Crippen molar-refractivity contribution in [3.63, 3.8) is 0 Å². The first-order valence-corrected chi connectivity index (χ1v) is 9.77. The Kier molecular flexibility index (Phi) is 4.61. The lowest BCUT2D eigenvalue weighted by atomic mass is 9.49. The van der Waals surface area contributed by atoms with Crippen molar-refractivity contribution in [3.8, 4) is 0 Å². The molecule has 4 rings (SSSR count). The summed E-state index contributed by atoms with van der Waals surface area (Å²) in [6.07, 6.45) is 1.24. The molecule has 1 aliphatic rings. The molecule has 1 saturated carbocycles. The summed E-state index contributed by atoms with van der Waals surface area (Å²) in [5, 5.41) is 22.3. The van der Waals surface area contributed by atoms with Gasteiger partial charge in [0, 0.05) is 11.5 Å². The molecule has 1 aliphatic carbocycles. The Bertz CT molecular complexity index is 1150. The van der Waals surface area contributed by atoms with Crippen LogP contribution < -0.4 is 0 Å². The molecule has 1 heterocycles. The van der Waals surface area contributed by atoms with Crippen LogP contribution in [0.3, 0.4) is 0 Å². The van der Waals surface area contributed by atoms with Crippen LogP contribution in [0.5, 0.6) is 0 Å². The molecule has 1 N–H and O–H groups in total. The number of aliphatic carboxylic acids is 1. The zero-order valence-corrected chi connectivity index (χ0v) is 16.9. The van der Waals surface area contributed by atoms with Crippen LogP contribution >= 0.6 is 15.9 Å². The van der Waals surface area contributed by atoms with E-state index in [1.54, 1.807) is 6.92 Å². The first-order chi connectivity index (χ1) is 13.8. The molecule has 3 aromatic rings. The largest absolute Gasteiger partial charge is 0.481 e. The maximum absolute atomic E-state index is 14.0. The van der Waals surface area contributed by atoms with Crippen molar-refractivity contribution in [1.82, 2.24) is 4.98 Å². The predicted molar refractivity (Wildman–Crippen MR) is 108 cm³/mol. The summed E-state index contributed by atoms with van der Waals surface area (Å²) in [5.74, 6) is -2.17. The van der Waals surface area contributed by atoms with Gasteiger partial charge in [0.05, 0.1) is 20.5 Å². The Morgan fingerprint density at radius 3 is 2.62 bits per heavy atom. The third-order valence-electron chi connectivity index (χ3n) is 6.06. The summed E-state index contributed by atoms with van der Waals surface area (Å²) in [6.45, 7) is 1.80. The number of aromatic nitrogens is 1. The molecule has 0 bridgehead atoms. The van der Waals surface area contributed by atoms with Crippen LogP contribution in [0.1, 0.15) is 30.4 Å². The Morgan fingerprint density at radius 2 is 2.03 bits per heavy atom. The van der Waals surface area contributed by atoms with Gasteiger partial charge in [0.1, 0.15) is 17.4 Å². The average molecular weight is 459 g/mol. The van der Waals surface area contributed by atoms with Crippen molar-refractivity contribution in [3.05, 3.63) is 80.2 Å². The van der Waals surface area contributed by atoms with Crippen molar-refractivity contribution in [2.24, 2.45) is 5.92 Å². The molecule has 0 radical (unpaired) electrons. The third kappa shape index (κ3) is 2.81. The number of hydrogen-bond acceptors (Lipinski definition) is 4. The second-order valence-corrected chi connectivity index (χ2v) is 8.20. The highest BCUT2D eigenvalue weighted by Gasteiger charge is 2.61. The van der Waals surface area contributed by atoms with Crippen LogP contribution in [0.15, 0.2) is 53.1 Å². The fourth-order valence-electron chi connectivity index (χ4n) is 4.50. The smallest absolute Gasteiger partial charge is 0.314 e. The van der Waals surface area contributed by atoms with Crippen LogP contribution in [0.2, 0.25) is 0 Å². The van der Waals surface area contributed by atoms with E-state index in [1.807, 2.05) is 30.3 Å². The van der Waals surface area contributed by atoms with E-state index in [0.717, 1.165) is 17.8 Å². The highest BCUT2D eigenvalue weighted by Crippen LogP contribution is 2.60. The first-order valence-electron chi connectivity index (χ1n) is 8.98. The Balaban J connectivity index is 1.98. The quantitative estimate of drug-likeness (QED) is 0.428. The molecule has 148 valence electrons. The number of carboxylic acid groups (broad SMARTS) is 1. The minimum atomic E-state index is -1.47. The first kappa shape index (κ1) is 19.4. The van der Waals surface area contributed by atoms with Gasteiger partial charge in [-0.05, 0) is 45.8 Å². The number of nitro groups is 1. The van der Waals surface area contributed by atoms with E-state index in [4.69, 9.17) is 0 Å². The normalized spacial score (nSPS) is 23.6. The molecular weight excluding hydrogens is 443 g/mol. The molecule has 0 spiro atoms. The molecule has 3 unspecified atom stereocenters. The van der Waals surface area contributed by atoms with Gasteiger partial charge in [0.15, 0.2) is 0 Å². The summed E-state index contributed by atoms with van der Waals surface area (Å²) >= 11 is 3.10. The van der Waals surface area contributed by atoms with Crippen molar-refractivity contribution < 1.29 is 19.2 Å². The number of carbonyl (C=O) groups is 1. The summed E-state index contributed by atoms with van der Waals surface area (Å²) in [5.41, 5.74) is -0.578. The Morgan fingerprint density at radius 1 is 1.34 bits per heavy atom. The van der Waals surface area contributed by atoms with E-state index < -0.39 is 28.0 Å². The minimum Gasteiger partial charge on any atom is -0.481 e. The lowest BCUT2D eigenvalue weighted by molar-refractivity contribution is -0.386. The number of pyridine rings is 1. The van der Waals surface area contributed by atoms with E-state index >= 15 is 0 Å². The fourth-order valence-corrected chi connectivity index (χ4v) is 4.85. The van der Waals surface area contributed by atoms with Crippen molar-refractivity contribution >= 4 is 38.5 Å². The van der Waals surface area contributed by atoms with E-state index in [2.05, 4.69) is 20.9 Å². The molecule has 29 heavy (non-hydrogen) atoms. The number of hydrogen-bond donors (Lipinski definition) is 1. The van der Waals surface area contributed by atoms with E-state index in [9.17, 15) is 24.4 Å². The summed E-state index contributed by atoms with van der Waals surface area (Å²) < 4.78 is 14.1. The number of benzene rings is 2. The second-order valence-electron chi connectivity index (χ2n) is 7.35. The van der Waals surface area contributed by atoms with Crippen LogP contribution in [0, 0.1) is 21.8 Å². The van der Waals surface area contributed by atoms with Crippen LogP contribution in [-0.2, 0) is 10.2 Å². The van der Waals surface area contributed by atoms with Gasteiger partial charge in [-0.2, -0.15) is 0 Å². The standard InChI is InChI=1S/C21H16BrFN2O4/c1-11-14(12-5-3-2-4-6-12)9-21(11,20(26)27)19-13-7-15(22)16(23)8-17(13)24-10-18(19)25(28)29/h2-8,10-11,14H,9H2,1H3,(H,26,27). The van der Waals surface area contributed by atoms with Crippen LogP contribution in [0.4, 0.5) is 10.1 Å². The molecule has 8 heteroatoms. The fraction of sp³-hybridized carbons (Fsp3) is 0.238. The molecule has 0 amide bonds. The van der Waals surface area contributed by atoms with Crippen molar-refractivity contribution in [2.75, 3.05) is 0 Å². The van der Waals surface area contributed by atoms with Crippen LogP contribution in [-0.4, -0.2) is 21.0 Å². The van der Waals surface area contributed by atoms with Crippen LogP contribution in [0.25, 0.3) is 10.9 Å². The number of halogens is 2. The molecule has 1 aromatic heterocycles. The molecule has 0 aliphatic heterocycles. The van der Waals surface area contributed by atoms with Gasteiger partial charge in [-0.1, -0.05) is 37.3 Å². The zero-order chi connectivity index (χ0) is 20.9. The topological polar surface area (TPSA) is 93.3 Å². The number of nitrogens with zero attached hydrogens (tertiary/aromatic N) is 2. The van der Waals surface area contributed by atoms with Crippen molar-refractivity contribution in [1.29, 1.82) is 0 Å². The summed E-state index contributed by atoms with van der Waals surface area (Å²) in [6, 6.07) is 12.0. The molecule has 2 aromatic carbocycles. The van der Waals surface area contributed by atoms with E-state index in [-0.39, 0.29) is 39.0 Å². The monoisotopic (exact) mass is 458 g/mol. The third-order valence-corrected chi connectivity index (χ3v) is 6.67. The Labute approximate surface area is 173 Å². The van der Waals surface area contributed by atoms with Crippen molar-refractivity contribution in [2.45, 2.75) is 24.7 Å². The Hall–Kier alpha value is -2.87. The maximum Gasteiger partial charge on any atom is 0.314 e. The average Bonchev–Trinajstić information content (AvgIpc) is 2.68. The molecule has 0 saturated heterocycles. The number of carboxylic acids is 1. The van der Waals surface area contributed by atoms with Gasteiger partial charge in [0.2, 0.25) is 0 Å². The minimum absolute atomic E-state index is 0.0565. The zero-order valence-electron chi connectivity index (χ0n) is 15.3. The van der Waals surface area contributed by atoms with Gasteiger partial charge >= 0.3 is 5.97 Å². The summed E-state index contributed by atoms with van der Waals surface area (Å²) in [4.78, 5) is 27.7. The van der Waals surface area contributed by atoms with Gasteiger partial charge in [-0.3, -0.25) is 14.9 Å². The number of fused-ring (bicyclic) bond motifs is 1. The molecule has 1 fully saturated rings.